The smallest absolute Gasteiger partial charge is 0.0906 e. The Morgan fingerprint density at radius 3 is 2.47 bits per heavy atom. The molecule has 108 valence electrons. The minimum atomic E-state index is -0.499. The lowest BCUT2D eigenvalue weighted by Crippen LogP contribution is -2.50. The molecule has 0 saturated heterocycles. The highest BCUT2D eigenvalue weighted by molar-refractivity contribution is 5.25. The van der Waals surface area contributed by atoms with Crippen LogP contribution in [0.4, 0.5) is 0 Å². The van der Waals surface area contributed by atoms with Gasteiger partial charge in [0.05, 0.1) is 24.9 Å². The molecule has 1 aromatic carbocycles. The van der Waals surface area contributed by atoms with Gasteiger partial charge in [-0.05, 0) is 31.9 Å². The molecule has 2 unspecified atom stereocenters. The van der Waals surface area contributed by atoms with E-state index in [9.17, 15) is 5.11 Å². The molecule has 0 amide bonds. The molecule has 2 atom stereocenters. The molecular weight excluding hydrogens is 238 g/mol. The predicted octanol–water partition coefficient (Wildman–Crippen LogP) is 2.69. The fraction of sp³-hybridized carbons (Fsp3) is 0.625. The zero-order chi connectivity index (χ0) is 14.1. The van der Waals surface area contributed by atoms with E-state index in [0.29, 0.717) is 6.61 Å². The highest BCUT2D eigenvalue weighted by atomic mass is 16.5. The molecule has 1 rings (SSSR count). The summed E-state index contributed by atoms with van der Waals surface area (Å²) < 4.78 is 5.88. The van der Waals surface area contributed by atoms with Crippen LogP contribution in [-0.4, -0.2) is 31.0 Å². The molecule has 0 spiro atoms. The zero-order valence-corrected chi connectivity index (χ0v) is 12.4. The Morgan fingerprint density at radius 2 is 1.95 bits per heavy atom. The Kier molecular flexibility index (Phi) is 7.06. The van der Waals surface area contributed by atoms with E-state index in [1.165, 1.54) is 0 Å². The van der Waals surface area contributed by atoms with Gasteiger partial charge in [-0.25, -0.2) is 0 Å². The number of hydrogen-bond donors (Lipinski definition) is 2. The van der Waals surface area contributed by atoms with Gasteiger partial charge in [0.1, 0.15) is 0 Å². The summed E-state index contributed by atoms with van der Waals surface area (Å²) in [7, 11) is 0. The van der Waals surface area contributed by atoms with Crippen molar-refractivity contribution in [2.75, 3.05) is 19.8 Å². The minimum absolute atomic E-state index is 0.0352. The van der Waals surface area contributed by atoms with Crippen molar-refractivity contribution < 1.29 is 9.84 Å². The van der Waals surface area contributed by atoms with Crippen LogP contribution in [0.15, 0.2) is 30.3 Å². The maximum atomic E-state index is 9.90. The number of hydrogen-bond acceptors (Lipinski definition) is 3. The molecule has 3 heteroatoms. The van der Waals surface area contributed by atoms with Gasteiger partial charge in [-0.15, -0.1) is 0 Å². The molecule has 19 heavy (non-hydrogen) atoms. The van der Waals surface area contributed by atoms with E-state index >= 15 is 0 Å². The zero-order valence-electron chi connectivity index (χ0n) is 12.4. The lowest BCUT2D eigenvalue weighted by molar-refractivity contribution is -0.00559. The maximum absolute atomic E-state index is 9.90. The number of rotatable bonds is 9. The molecule has 0 fully saturated rings. The third-order valence-electron chi connectivity index (χ3n) is 3.50. The highest BCUT2D eigenvalue weighted by Crippen LogP contribution is 2.22. The average Bonchev–Trinajstić information content (AvgIpc) is 2.48. The van der Waals surface area contributed by atoms with Crippen molar-refractivity contribution in [1.82, 2.24) is 5.32 Å². The fourth-order valence-corrected chi connectivity index (χ4v) is 1.95. The van der Waals surface area contributed by atoms with Crippen molar-refractivity contribution in [3.05, 3.63) is 35.9 Å². The van der Waals surface area contributed by atoms with E-state index in [4.69, 9.17) is 4.74 Å². The first-order valence-electron chi connectivity index (χ1n) is 7.21. The largest absolute Gasteiger partial charge is 0.394 e. The minimum Gasteiger partial charge on any atom is -0.394 e. The normalized spacial score (nSPS) is 16.0. The molecule has 1 aromatic rings. The summed E-state index contributed by atoms with van der Waals surface area (Å²) in [6, 6.07) is 10.1. The van der Waals surface area contributed by atoms with E-state index in [1.807, 2.05) is 30.3 Å². The SMILES string of the molecule is CCCNC(CO)(COC(C)CC)c1ccccc1. The summed E-state index contributed by atoms with van der Waals surface area (Å²) in [5, 5.41) is 13.4. The average molecular weight is 265 g/mol. The molecule has 0 heterocycles. The first-order chi connectivity index (χ1) is 9.18. The molecule has 2 N–H and O–H groups in total. The van der Waals surface area contributed by atoms with Gasteiger partial charge < -0.3 is 15.2 Å². The number of aliphatic hydroxyl groups excluding tert-OH is 1. The number of ether oxygens (including phenoxy) is 1. The van der Waals surface area contributed by atoms with Crippen LogP contribution in [-0.2, 0) is 10.3 Å². The fourth-order valence-electron chi connectivity index (χ4n) is 1.95. The van der Waals surface area contributed by atoms with E-state index in [1.54, 1.807) is 0 Å². The topological polar surface area (TPSA) is 41.5 Å². The molecule has 0 bridgehead atoms. The second kappa shape index (κ2) is 8.31. The summed E-state index contributed by atoms with van der Waals surface area (Å²) in [4.78, 5) is 0. The summed E-state index contributed by atoms with van der Waals surface area (Å²) >= 11 is 0. The molecule has 0 aliphatic heterocycles. The van der Waals surface area contributed by atoms with Crippen LogP contribution in [0.25, 0.3) is 0 Å². The lowest BCUT2D eigenvalue weighted by Gasteiger charge is -2.34. The van der Waals surface area contributed by atoms with E-state index in [2.05, 4.69) is 26.1 Å². The van der Waals surface area contributed by atoms with Crippen molar-refractivity contribution in [2.45, 2.75) is 45.3 Å². The Bertz CT molecular complexity index is 342. The van der Waals surface area contributed by atoms with Gasteiger partial charge in [0.15, 0.2) is 0 Å². The molecule has 0 aromatic heterocycles. The van der Waals surface area contributed by atoms with E-state index < -0.39 is 5.54 Å². The van der Waals surface area contributed by atoms with Crippen molar-refractivity contribution in [3.63, 3.8) is 0 Å². The van der Waals surface area contributed by atoms with Crippen LogP contribution in [0.2, 0.25) is 0 Å². The Balaban J connectivity index is 2.87. The molecule has 3 nitrogen and oxygen atoms in total. The Labute approximate surface area is 117 Å². The van der Waals surface area contributed by atoms with Crippen LogP contribution in [0, 0.1) is 0 Å². The van der Waals surface area contributed by atoms with Gasteiger partial charge in [0, 0.05) is 0 Å². The third-order valence-corrected chi connectivity index (χ3v) is 3.50. The lowest BCUT2D eigenvalue weighted by atomic mass is 9.91. The van der Waals surface area contributed by atoms with Gasteiger partial charge in [-0.3, -0.25) is 0 Å². The van der Waals surface area contributed by atoms with Crippen LogP contribution in [0.3, 0.4) is 0 Å². The molecule has 0 aliphatic rings. The first kappa shape index (κ1) is 16.2. The number of aliphatic hydroxyl groups is 1. The quantitative estimate of drug-likeness (QED) is 0.721. The van der Waals surface area contributed by atoms with Gasteiger partial charge in [-0.1, -0.05) is 44.2 Å². The molecule has 0 aliphatic carbocycles. The van der Waals surface area contributed by atoms with Gasteiger partial charge in [0.25, 0.3) is 0 Å². The predicted molar refractivity (Wildman–Crippen MR) is 79.2 cm³/mol. The summed E-state index contributed by atoms with van der Waals surface area (Å²) in [6.45, 7) is 7.67. The molecule has 0 radical (unpaired) electrons. The van der Waals surface area contributed by atoms with Crippen molar-refractivity contribution in [1.29, 1.82) is 0 Å². The van der Waals surface area contributed by atoms with Crippen molar-refractivity contribution >= 4 is 0 Å². The maximum Gasteiger partial charge on any atom is 0.0906 e. The second-order valence-corrected chi connectivity index (χ2v) is 5.06. The van der Waals surface area contributed by atoms with Crippen molar-refractivity contribution in [2.24, 2.45) is 0 Å². The Hall–Kier alpha value is -0.900. The molecule has 0 saturated carbocycles. The monoisotopic (exact) mass is 265 g/mol. The molecular formula is C16H27NO2. The summed E-state index contributed by atoms with van der Waals surface area (Å²) in [5.74, 6) is 0. The second-order valence-electron chi connectivity index (χ2n) is 5.06. The number of nitrogens with one attached hydrogen (secondary N) is 1. The van der Waals surface area contributed by atoms with Gasteiger partial charge in [-0.2, -0.15) is 0 Å². The first-order valence-corrected chi connectivity index (χ1v) is 7.21. The standard InChI is InChI=1S/C16H27NO2/c1-4-11-17-16(12-18,13-19-14(3)5-2)15-9-7-6-8-10-15/h6-10,14,17-18H,4-5,11-13H2,1-3H3. The highest BCUT2D eigenvalue weighted by Gasteiger charge is 2.31. The van der Waals surface area contributed by atoms with Crippen LogP contribution < -0.4 is 5.32 Å². The van der Waals surface area contributed by atoms with E-state index in [-0.39, 0.29) is 12.7 Å². The summed E-state index contributed by atoms with van der Waals surface area (Å²) in [5.41, 5.74) is 0.579. The van der Waals surface area contributed by atoms with Gasteiger partial charge in [0.2, 0.25) is 0 Å². The van der Waals surface area contributed by atoms with Crippen molar-refractivity contribution in [3.8, 4) is 0 Å². The summed E-state index contributed by atoms with van der Waals surface area (Å²) in [6.07, 6.45) is 2.21. The van der Waals surface area contributed by atoms with Crippen LogP contribution >= 0.6 is 0 Å². The third kappa shape index (κ3) is 4.60. The van der Waals surface area contributed by atoms with Gasteiger partial charge >= 0.3 is 0 Å². The van der Waals surface area contributed by atoms with Crippen LogP contribution in [0.5, 0.6) is 0 Å². The van der Waals surface area contributed by atoms with E-state index in [0.717, 1.165) is 24.9 Å². The van der Waals surface area contributed by atoms with Crippen LogP contribution in [0.1, 0.15) is 39.2 Å². The Morgan fingerprint density at radius 1 is 1.26 bits per heavy atom. The number of benzene rings is 1.